The zero-order valence-electron chi connectivity index (χ0n) is 19.1. The van der Waals surface area contributed by atoms with E-state index in [1.165, 1.54) is 19.4 Å². The van der Waals surface area contributed by atoms with Gasteiger partial charge in [-0.2, -0.15) is 5.10 Å². The highest BCUT2D eigenvalue weighted by Crippen LogP contribution is 2.32. The molecule has 0 saturated carbocycles. The maximum absolute atomic E-state index is 13.1. The highest BCUT2D eigenvalue weighted by molar-refractivity contribution is 6.07. The third-order valence-corrected chi connectivity index (χ3v) is 5.07. The number of hydrogen-bond acceptors (Lipinski definition) is 6. The second kappa shape index (κ2) is 10.0. The lowest BCUT2D eigenvalue weighted by atomic mass is 10.0. The van der Waals surface area contributed by atoms with E-state index in [4.69, 9.17) is 14.5 Å². The van der Waals surface area contributed by atoms with Gasteiger partial charge < -0.3 is 14.6 Å². The molecule has 1 aromatic heterocycles. The van der Waals surface area contributed by atoms with Crippen molar-refractivity contribution < 1.29 is 19.4 Å². The normalized spacial score (nSPS) is 11.2. The van der Waals surface area contributed by atoms with Crippen molar-refractivity contribution in [1.29, 1.82) is 0 Å². The Balaban J connectivity index is 1.68. The molecule has 0 aliphatic carbocycles. The Morgan fingerprint density at radius 2 is 1.79 bits per heavy atom. The summed E-state index contributed by atoms with van der Waals surface area (Å²) in [6.45, 7) is 3.93. The van der Waals surface area contributed by atoms with E-state index in [1.54, 1.807) is 18.2 Å². The first-order valence-corrected chi connectivity index (χ1v) is 10.8. The molecule has 0 atom stereocenters. The van der Waals surface area contributed by atoms with E-state index in [-0.39, 0.29) is 17.8 Å². The number of carbonyl (C=O) groups is 1. The summed E-state index contributed by atoms with van der Waals surface area (Å²) in [5, 5.41) is 14.5. The quantitative estimate of drug-likeness (QED) is 0.296. The van der Waals surface area contributed by atoms with Gasteiger partial charge in [0.25, 0.3) is 5.91 Å². The van der Waals surface area contributed by atoms with Crippen LogP contribution in [0.5, 0.6) is 17.2 Å². The van der Waals surface area contributed by atoms with E-state index in [0.29, 0.717) is 39.2 Å². The van der Waals surface area contributed by atoms with Crippen LogP contribution in [0.4, 0.5) is 0 Å². The number of aromatic nitrogens is 1. The monoisotopic (exact) mass is 455 g/mol. The van der Waals surface area contributed by atoms with Crippen molar-refractivity contribution in [2.75, 3.05) is 7.11 Å². The number of pyridine rings is 1. The molecule has 1 heterocycles. The third-order valence-electron chi connectivity index (χ3n) is 5.07. The summed E-state index contributed by atoms with van der Waals surface area (Å²) < 4.78 is 11.1. The first kappa shape index (κ1) is 22.8. The molecule has 3 aromatic carbocycles. The maximum Gasteiger partial charge on any atom is 0.272 e. The molecule has 34 heavy (non-hydrogen) atoms. The van der Waals surface area contributed by atoms with Crippen molar-refractivity contribution in [2.45, 2.75) is 20.0 Å². The van der Waals surface area contributed by atoms with Crippen LogP contribution in [0.2, 0.25) is 0 Å². The molecule has 0 spiro atoms. The minimum atomic E-state index is -0.371. The SMILES string of the molecule is COc1cc(/C=N\NC(=O)c2cc(-c3ccccc3OC(C)C)nc3ccccc23)ccc1O. The number of phenols is 1. The Bertz CT molecular complexity index is 1370. The molecule has 7 nitrogen and oxygen atoms in total. The predicted molar refractivity (Wildman–Crippen MR) is 133 cm³/mol. The fourth-order valence-electron chi connectivity index (χ4n) is 3.54. The van der Waals surface area contributed by atoms with Gasteiger partial charge in [-0.15, -0.1) is 0 Å². The van der Waals surface area contributed by atoms with Gasteiger partial charge in [0.15, 0.2) is 11.5 Å². The van der Waals surface area contributed by atoms with Crippen LogP contribution >= 0.6 is 0 Å². The lowest BCUT2D eigenvalue weighted by molar-refractivity contribution is 0.0956. The van der Waals surface area contributed by atoms with Crippen molar-refractivity contribution in [1.82, 2.24) is 10.4 Å². The van der Waals surface area contributed by atoms with Gasteiger partial charge in [-0.1, -0.05) is 30.3 Å². The Hall–Kier alpha value is -4.39. The second-order valence-electron chi connectivity index (χ2n) is 7.87. The first-order valence-electron chi connectivity index (χ1n) is 10.8. The summed E-state index contributed by atoms with van der Waals surface area (Å²) in [4.78, 5) is 17.9. The summed E-state index contributed by atoms with van der Waals surface area (Å²) in [6, 6.07) is 21.6. The summed E-state index contributed by atoms with van der Waals surface area (Å²) in [5.74, 6) is 0.679. The number of methoxy groups -OCH3 is 1. The van der Waals surface area contributed by atoms with E-state index in [9.17, 15) is 9.90 Å². The number of ether oxygens (including phenoxy) is 2. The molecule has 4 rings (SSSR count). The lowest BCUT2D eigenvalue weighted by Gasteiger charge is -2.15. The van der Waals surface area contributed by atoms with Gasteiger partial charge >= 0.3 is 0 Å². The van der Waals surface area contributed by atoms with Crippen molar-refractivity contribution >= 4 is 23.0 Å². The second-order valence-corrected chi connectivity index (χ2v) is 7.87. The standard InChI is InChI=1S/C27H25N3O4/c1-17(2)34-25-11-7-5-9-20(25)23-15-21(19-8-4-6-10-22(19)29-23)27(32)30-28-16-18-12-13-24(31)26(14-18)33-3/h4-17,31H,1-3H3,(H,30,32)/b28-16-. The molecule has 0 bridgehead atoms. The molecule has 0 aliphatic heterocycles. The van der Waals surface area contributed by atoms with Gasteiger partial charge in [-0.05, 0) is 61.9 Å². The van der Waals surface area contributed by atoms with Crippen LogP contribution in [0.15, 0.2) is 77.9 Å². The molecule has 0 radical (unpaired) electrons. The van der Waals surface area contributed by atoms with Crippen LogP contribution in [0.25, 0.3) is 22.2 Å². The number of nitrogens with one attached hydrogen (secondary N) is 1. The topological polar surface area (TPSA) is 93.0 Å². The van der Waals surface area contributed by atoms with Crippen LogP contribution < -0.4 is 14.9 Å². The summed E-state index contributed by atoms with van der Waals surface area (Å²) in [5.41, 5.74) is 5.82. The Labute approximate surface area is 197 Å². The number of hydrazone groups is 1. The number of rotatable bonds is 7. The van der Waals surface area contributed by atoms with E-state index >= 15 is 0 Å². The Morgan fingerprint density at radius 1 is 1.03 bits per heavy atom. The van der Waals surface area contributed by atoms with Gasteiger partial charge in [0.1, 0.15) is 5.75 Å². The number of para-hydroxylation sites is 2. The maximum atomic E-state index is 13.1. The van der Waals surface area contributed by atoms with E-state index in [0.717, 1.165) is 5.56 Å². The number of phenolic OH excluding ortho intramolecular Hbond substituents is 1. The number of carbonyl (C=O) groups excluding carboxylic acids is 1. The highest BCUT2D eigenvalue weighted by Gasteiger charge is 2.16. The van der Waals surface area contributed by atoms with Gasteiger partial charge in [-0.3, -0.25) is 4.79 Å². The molecule has 4 aromatic rings. The first-order chi connectivity index (χ1) is 16.5. The van der Waals surface area contributed by atoms with Crippen LogP contribution in [0, 0.1) is 0 Å². The minimum Gasteiger partial charge on any atom is -0.504 e. The van der Waals surface area contributed by atoms with E-state index in [2.05, 4.69) is 10.5 Å². The third kappa shape index (κ3) is 4.99. The summed E-state index contributed by atoms with van der Waals surface area (Å²) in [7, 11) is 1.47. The number of nitrogens with zero attached hydrogens (tertiary/aromatic N) is 2. The molecule has 2 N–H and O–H groups in total. The Morgan fingerprint density at radius 3 is 2.59 bits per heavy atom. The molecule has 0 saturated heterocycles. The van der Waals surface area contributed by atoms with Crippen LogP contribution in [-0.2, 0) is 0 Å². The molecular formula is C27H25N3O4. The van der Waals surface area contributed by atoms with Crippen molar-refractivity contribution in [3.8, 4) is 28.5 Å². The van der Waals surface area contributed by atoms with Crippen molar-refractivity contribution in [2.24, 2.45) is 5.10 Å². The van der Waals surface area contributed by atoms with Gasteiger partial charge in [-0.25, -0.2) is 10.4 Å². The van der Waals surface area contributed by atoms with Crippen LogP contribution in [-0.4, -0.2) is 35.4 Å². The average molecular weight is 456 g/mol. The molecule has 0 aliphatic rings. The number of benzene rings is 3. The number of fused-ring (bicyclic) bond motifs is 1. The van der Waals surface area contributed by atoms with Crippen LogP contribution in [0.3, 0.4) is 0 Å². The van der Waals surface area contributed by atoms with E-state index in [1.807, 2.05) is 62.4 Å². The van der Waals surface area contributed by atoms with Gasteiger partial charge in [0.05, 0.1) is 36.2 Å². The fraction of sp³-hybridized carbons (Fsp3) is 0.148. The molecule has 172 valence electrons. The molecule has 0 unspecified atom stereocenters. The van der Waals surface area contributed by atoms with Crippen molar-refractivity contribution in [3.63, 3.8) is 0 Å². The molecule has 1 amide bonds. The van der Waals surface area contributed by atoms with Crippen LogP contribution in [0.1, 0.15) is 29.8 Å². The molecular weight excluding hydrogens is 430 g/mol. The lowest BCUT2D eigenvalue weighted by Crippen LogP contribution is -2.18. The highest BCUT2D eigenvalue weighted by atomic mass is 16.5. The van der Waals surface area contributed by atoms with E-state index < -0.39 is 0 Å². The molecule has 0 fully saturated rings. The Kier molecular flexibility index (Phi) is 6.73. The largest absolute Gasteiger partial charge is 0.504 e. The number of amides is 1. The minimum absolute atomic E-state index is 0.00256. The number of aromatic hydroxyl groups is 1. The average Bonchev–Trinajstić information content (AvgIpc) is 2.84. The summed E-state index contributed by atoms with van der Waals surface area (Å²) >= 11 is 0. The van der Waals surface area contributed by atoms with Gasteiger partial charge in [0.2, 0.25) is 0 Å². The fourth-order valence-corrected chi connectivity index (χ4v) is 3.54. The van der Waals surface area contributed by atoms with Gasteiger partial charge in [0, 0.05) is 10.9 Å². The molecule has 7 heteroatoms. The summed E-state index contributed by atoms with van der Waals surface area (Å²) in [6.07, 6.45) is 1.48. The zero-order chi connectivity index (χ0) is 24.1. The smallest absolute Gasteiger partial charge is 0.272 e. The zero-order valence-corrected chi connectivity index (χ0v) is 19.1. The van der Waals surface area contributed by atoms with Crippen molar-refractivity contribution in [3.05, 3.63) is 83.9 Å². The predicted octanol–water partition coefficient (Wildman–Crippen LogP) is 5.17. The number of hydrogen-bond donors (Lipinski definition) is 2.